The first kappa shape index (κ1) is 17.7. The van der Waals surface area contributed by atoms with Crippen LogP contribution < -0.4 is 10.1 Å². The van der Waals surface area contributed by atoms with Crippen LogP contribution in [0.2, 0.25) is 0 Å². The zero-order valence-electron chi connectivity index (χ0n) is 15.1. The average Bonchev–Trinajstić information content (AvgIpc) is 3.05. The molecule has 0 atom stereocenters. The van der Waals surface area contributed by atoms with Gasteiger partial charge in [0.25, 0.3) is 0 Å². The Bertz CT molecular complexity index is 918. The van der Waals surface area contributed by atoms with E-state index in [1.165, 1.54) is 11.1 Å². The van der Waals surface area contributed by atoms with Crippen molar-refractivity contribution in [1.29, 1.82) is 0 Å². The van der Waals surface area contributed by atoms with Crippen molar-refractivity contribution in [3.8, 4) is 5.75 Å². The number of hydrogen-bond acceptors (Lipinski definition) is 5. The molecule has 26 heavy (non-hydrogen) atoms. The fourth-order valence-electron chi connectivity index (χ4n) is 2.59. The number of methoxy groups -OCH3 is 1. The van der Waals surface area contributed by atoms with Crippen molar-refractivity contribution >= 4 is 11.9 Å². The number of anilines is 1. The van der Waals surface area contributed by atoms with E-state index in [1.54, 1.807) is 7.11 Å². The zero-order chi connectivity index (χ0) is 18.5. The van der Waals surface area contributed by atoms with Crippen LogP contribution in [0.25, 0.3) is 0 Å². The van der Waals surface area contributed by atoms with Gasteiger partial charge in [-0.3, -0.25) is 10.1 Å². The monoisotopic (exact) mass is 351 g/mol. The Morgan fingerprint density at radius 3 is 2.69 bits per heavy atom. The van der Waals surface area contributed by atoms with Crippen LogP contribution in [0.15, 0.2) is 46.9 Å². The van der Waals surface area contributed by atoms with Gasteiger partial charge in [-0.15, -0.1) is 5.10 Å². The Morgan fingerprint density at radius 2 is 1.92 bits per heavy atom. The molecule has 1 N–H and O–H groups in total. The van der Waals surface area contributed by atoms with Gasteiger partial charge in [0.05, 0.1) is 20.0 Å². The molecule has 1 aromatic heterocycles. The predicted molar refractivity (Wildman–Crippen MR) is 98.3 cm³/mol. The Morgan fingerprint density at radius 1 is 1.08 bits per heavy atom. The molecule has 0 aliphatic heterocycles. The van der Waals surface area contributed by atoms with E-state index in [-0.39, 0.29) is 18.3 Å². The Hall–Kier alpha value is -3.15. The Labute approximate surface area is 152 Å². The molecule has 0 aliphatic carbocycles. The summed E-state index contributed by atoms with van der Waals surface area (Å²) in [4.78, 5) is 12.2. The van der Waals surface area contributed by atoms with E-state index in [4.69, 9.17) is 9.15 Å². The molecule has 6 nitrogen and oxygen atoms in total. The lowest BCUT2D eigenvalue weighted by Crippen LogP contribution is -2.14. The molecule has 3 aromatic rings. The number of benzene rings is 2. The van der Waals surface area contributed by atoms with Crippen molar-refractivity contribution in [2.75, 3.05) is 12.4 Å². The number of nitrogens with one attached hydrogen (secondary N) is 1. The SMILES string of the molecule is COc1cccc(CC(=O)Nc2nnc(Cc3ccc(C)c(C)c3)o2)c1. The molecule has 0 radical (unpaired) electrons. The molecule has 1 amide bonds. The molecule has 2 aromatic carbocycles. The summed E-state index contributed by atoms with van der Waals surface area (Å²) in [7, 11) is 1.59. The normalized spacial score (nSPS) is 10.6. The van der Waals surface area contributed by atoms with Gasteiger partial charge in [-0.25, -0.2) is 0 Å². The number of aryl methyl sites for hydroxylation is 2. The third-order valence-electron chi connectivity index (χ3n) is 4.14. The standard InChI is InChI=1S/C20H21N3O3/c1-13-7-8-16(9-14(13)2)12-19-22-23-20(26-19)21-18(24)11-15-5-4-6-17(10-15)25-3/h4-10H,11-12H2,1-3H3,(H,21,23,24). The topological polar surface area (TPSA) is 77.2 Å². The van der Waals surface area contributed by atoms with Crippen molar-refractivity contribution in [3.63, 3.8) is 0 Å². The highest BCUT2D eigenvalue weighted by Gasteiger charge is 2.11. The first-order chi connectivity index (χ1) is 12.5. The molecule has 1 heterocycles. The molecule has 0 unspecified atom stereocenters. The van der Waals surface area contributed by atoms with Gasteiger partial charge in [0, 0.05) is 0 Å². The minimum atomic E-state index is -0.223. The minimum Gasteiger partial charge on any atom is -0.497 e. The first-order valence-electron chi connectivity index (χ1n) is 8.35. The van der Waals surface area contributed by atoms with E-state index in [0.717, 1.165) is 11.1 Å². The van der Waals surface area contributed by atoms with Gasteiger partial charge in [-0.05, 0) is 48.2 Å². The number of aromatic nitrogens is 2. The van der Waals surface area contributed by atoms with Gasteiger partial charge < -0.3 is 9.15 Å². The molecule has 0 aliphatic rings. The second kappa shape index (κ2) is 7.82. The third kappa shape index (κ3) is 4.47. The summed E-state index contributed by atoms with van der Waals surface area (Å²) < 4.78 is 10.7. The molecule has 3 rings (SSSR count). The van der Waals surface area contributed by atoms with Gasteiger partial charge >= 0.3 is 6.01 Å². The zero-order valence-corrected chi connectivity index (χ0v) is 15.1. The fourth-order valence-corrected chi connectivity index (χ4v) is 2.59. The van der Waals surface area contributed by atoms with Gasteiger partial charge in [-0.2, -0.15) is 0 Å². The van der Waals surface area contributed by atoms with Crippen LogP contribution in [0.4, 0.5) is 6.01 Å². The van der Waals surface area contributed by atoms with E-state index in [9.17, 15) is 4.79 Å². The van der Waals surface area contributed by atoms with Crippen LogP contribution in [0.3, 0.4) is 0 Å². The lowest BCUT2D eigenvalue weighted by Gasteiger charge is -2.04. The summed E-state index contributed by atoms with van der Waals surface area (Å²) >= 11 is 0. The van der Waals surface area contributed by atoms with Gasteiger partial charge in [-0.1, -0.05) is 35.4 Å². The molecular weight excluding hydrogens is 330 g/mol. The van der Waals surface area contributed by atoms with Crippen LogP contribution >= 0.6 is 0 Å². The van der Waals surface area contributed by atoms with Gasteiger partial charge in [0.2, 0.25) is 11.8 Å². The number of amides is 1. The third-order valence-corrected chi connectivity index (χ3v) is 4.14. The molecule has 0 bridgehead atoms. The highest BCUT2D eigenvalue weighted by Crippen LogP contribution is 2.16. The van der Waals surface area contributed by atoms with E-state index >= 15 is 0 Å². The van der Waals surface area contributed by atoms with Crippen LogP contribution in [0.5, 0.6) is 5.75 Å². The number of carbonyl (C=O) groups excluding carboxylic acids is 1. The van der Waals surface area contributed by atoms with Crippen molar-refractivity contribution in [3.05, 3.63) is 70.6 Å². The second-order valence-electron chi connectivity index (χ2n) is 6.17. The van der Waals surface area contributed by atoms with Crippen LogP contribution in [0.1, 0.15) is 28.1 Å². The van der Waals surface area contributed by atoms with E-state index in [0.29, 0.717) is 18.1 Å². The maximum atomic E-state index is 12.2. The lowest BCUT2D eigenvalue weighted by atomic mass is 10.0. The van der Waals surface area contributed by atoms with Crippen molar-refractivity contribution in [2.45, 2.75) is 26.7 Å². The quantitative estimate of drug-likeness (QED) is 0.736. The minimum absolute atomic E-state index is 0.108. The number of carbonyl (C=O) groups is 1. The molecule has 6 heteroatoms. The molecule has 0 spiro atoms. The van der Waals surface area contributed by atoms with Crippen LogP contribution in [-0.4, -0.2) is 23.2 Å². The molecule has 0 fully saturated rings. The second-order valence-corrected chi connectivity index (χ2v) is 6.17. The largest absolute Gasteiger partial charge is 0.497 e. The maximum Gasteiger partial charge on any atom is 0.322 e. The summed E-state index contributed by atoms with van der Waals surface area (Å²) in [6.45, 7) is 4.14. The van der Waals surface area contributed by atoms with E-state index < -0.39 is 0 Å². The Kier molecular flexibility index (Phi) is 5.31. The number of nitrogens with zero attached hydrogens (tertiary/aromatic N) is 2. The van der Waals surface area contributed by atoms with Gasteiger partial charge in [0.15, 0.2) is 0 Å². The summed E-state index contributed by atoms with van der Waals surface area (Å²) in [5, 5.41) is 10.5. The average molecular weight is 351 g/mol. The molecular formula is C20H21N3O3. The molecule has 134 valence electrons. The maximum absolute atomic E-state index is 12.2. The van der Waals surface area contributed by atoms with Crippen molar-refractivity contribution < 1.29 is 13.9 Å². The highest BCUT2D eigenvalue weighted by molar-refractivity contribution is 5.90. The van der Waals surface area contributed by atoms with Gasteiger partial charge in [0.1, 0.15) is 5.75 Å². The summed E-state index contributed by atoms with van der Waals surface area (Å²) in [5.41, 5.74) is 4.39. The van der Waals surface area contributed by atoms with Crippen molar-refractivity contribution in [2.24, 2.45) is 0 Å². The smallest absolute Gasteiger partial charge is 0.322 e. The van der Waals surface area contributed by atoms with E-state index in [1.807, 2.05) is 30.3 Å². The molecule has 0 saturated carbocycles. The summed E-state index contributed by atoms with van der Waals surface area (Å²) in [6, 6.07) is 13.7. The first-order valence-corrected chi connectivity index (χ1v) is 8.35. The lowest BCUT2D eigenvalue weighted by molar-refractivity contribution is -0.115. The fraction of sp³-hybridized carbons (Fsp3) is 0.250. The predicted octanol–water partition coefficient (Wildman–Crippen LogP) is 3.47. The van der Waals surface area contributed by atoms with Crippen LogP contribution in [-0.2, 0) is 17.6 Å². The highest BCUT2D eigenvalue weighted by atomic mass is 16.5. The summed E-state index contributed by atoms with van der Waals surface area (Å²) in [6.07, 6.45) is 0.728. The van der Waals surface area contributed by atoms with E-state index in [2.05, 4.69) is 41.5 Å². The van der Waals surface area contributed by atoms with Crippen molar-refractivity contribution in [1.82, 2.24) is 10.2 Å². The number of ether oxygens (including phenoxy) is 1. The summed E-state index contributed by atoms with van der Waals surface area (Å²) in [5.74, 6) is 0.952. The number of hydrogen-bond donors (Lipinski definition) is 1. The number of rotatable bonds is 6. The Balaban J connectivity index is 1.60. The molecule has 0 saturated heterocycles. The van der Waals surface area contributed by atoms with Crippen LogP contribution in [0, 0.1) is 13.8 Å².